The standard InChI is InChI=1S/C31H40FN3O/c1-8-11-21(9-2)26(22(10-3)14-15-36)17-24-16-23(19-35(24)7)30-28(33-5)13-12-25-20(4)27(32)18-29(34-6)31(25)30/h9-10,15,17-18,22,28,33H,2-3,6,8,11-14,16,19H2,1,4-5,7H3/b24-17-,26-21-,30-23+. The van der Waals surface area contributed by atoms with Crippen LogP contribution in [-0.2, 0) is 11.2 Å². The lowest BCUT2D eigenvalue weighted by atomic mass is 9.78. The SMILES string of the molecule is C=C/C(CCC)=C(\C=C1\C/C(=C2\c3c(N=C)cc(F)c(C)c3CCC2NC)CN1C)C(C=C)CC=O. The molecule has 0 amide bonds. The molecule has 1 aliphatic heterocycles. The molecular weight excluding hydrogens is 449 g/mol. The van der Waals surface area contributed by atoms with E-state index in [1.54, 1.807) is 0 Å². The highest BCUT2D eigenvalue weighted by Crippen LogP contribution is 2.44. The van der Waals surface area contributed by atoms with Crippen molar-refractivity contribution in [2.24, 2.45) is 10.9 Å². The van der Waals surface area contributed by atoms with E-state index in [9.17, 15) is 9.18 Å². The number of allylic oxidation sites excluding steroid dienone is 6. The lowest BCUT2D eigenvalue weighted by Gasteiger charge is -2.31. The maximum atomic E-state index is 14.7. The van der Waals surface area contributed by atoms with E-state index in [-0.39, 0.29) is 17.8 Å². The van der Waals surface area contributed by atoms with E-state index in [1.165, 1.54) is 22.9 Å². The van der Waals surface area contributed by atoms with Crippen molar-refractivity contribution >= 4 is 24.3 Å². The number of benzene rings is 1. The highest BCUT2D eigenvalue weighted by atomic mass is 19.1. The minimum atomic E-state index is -0.221. The summed E-state index contributed by atoms with van der Waals surface area (Å²) < 4.78 is 14.7. The van der Waals surface area contributed by atoms with Crippen LogP contribution in [0.25, 0.3) is 5.57 Å². The van der Waals surface area contributed by atoms with Crippen LogP contribution in [0.4, 0.5) is 10.1 Å². The van der Waals surface area contributed by atoms with E-state index in [4.69, 9.17) is 0 Å². The largest absolute Gasteiger partial charge is 0.374 e. The second kappa shape index (κ2) is 12.3. The molecule has 0 radical (unpaired) electrons. The van der Waals surface area contributed by atoms with E-state index in [0.717, 1.165) is 67.2 Å². The molecule has 192 valence electrons. The van der Waals surface area contributed by atoms with Crippen molar-refractivity contribution in [2.45, 2.75) is 58.4 Å². The normalized spacial score (nSPS) is 22.2. The molecule has 3 rings (SSSR count). The quantitative estimate of drug-likeness (QED) is 0.173. The molecule has 1 saturated heterocycles. The fraction of sp³-hybridized carbons (Fsp3) is 0.419. The van der Waals surface area contributed by atoms with Crippen molar-refractivity contribution in [3.8, 4) is 0 Å². The molecule has 2 unspecified atom stereocenters. The summed E-state index contributed by atoms with van der Waals surface area (Å²) >= 11 is 0. The number of aliphatic imine (C=N–C) groups is 1. The Morgan fingerprint density at radius 1 is 1.39 bits per heavy atom. The van der Waals surface area contributed by atoms with E-state index in [2.05, 4.69) is 55.1 Å². The Bertz CT molecular complexity index is 1140. The number of hydrogen-bond donors (Lipinski definition) is 1. The number of carbonyl (C=O) groups is 1. The van der Waals surface area contributed by atoms with Crippen LogP contribution in [0, 0.1) is 18.7 Å². The fourth-order valence-corrected chi connectivity index (χ4v) is 5.69. The summed E-state index contributed by atoms with van der Waals surface area (Å²) in [5.41, 5.74) is 9.39. The predicted octanol–water partition coefficient (Wildman–Crippen LogP) is 6.65. The molecule has 1 aromatic carbocycles. The maximum absolute atomic E-state index is 14.7. The van der Waals surface area contributed by atoms with Crippen LogP contribution in [0.1, 0.15) is 55.7 Å². The van der Waals surface area contributed by atoms with Gasteiger partial charge in [-0.15, -0.1) is 6.58 Å². The molecule has 2 aliphatic rings. The van der Waals surface area contributed by atoms with Crippen LogP contribution in [0.2, 0.25) is 0 Å². The lowest BCUT2D eigenvalue weighted by Crippen LogP contribution is -2.32. The van der Waals surface area contributed by atoms with Gasteiger partial charge in [-0.3, -0.25) is 4.99 Å². The second-order valence-electron chi connectivity index (χ2n) is 9.76. The summed E-state index contributed by atoms with van der Waals surface area (Å²) in [6.07, 6.45) is 11.8. The molecule has 0 bridgehead atoms. The Hall–Kier alpha value is -3.05. The first-order chi connectivity index (χ1) is 17.3. The van der Waals surface area contributed by atoms with Crippen molar-refractivity contribution in [1.29, 1.82) is 0 Å². The zero-order chi connectivity index (χ0) is 26.4. The number of likely N-dealkylation sites (N-methyl/N-ethyl adjacent to an activating group) is 2. The van der Waals surface area contributed by atoms with Crippen LogP contribution in [0.15, 0.2) is 64.9 Å². The van der Waals surface area contributed by atoms with Gasteiger partial charge in [0.1, 0.15) is 12.1 Å². The van der Waals surface area contributed by atoms with Gasteiger partial charge in [-0.2, -0.15) is 0 Å². The van der Waals surface area contributed by atoms with Crippen molar-refractivity contribution < 1.29 is 9.18 Å². The molecule has 1 heterocycles. The number of nitrogens with one attached hydrogen (secondary N) is 1. The predicted molar refractivity (Wildman–Crippen MR) is 150 cm³/mol. The van der Waals surface area contributed by atoms with Gasteiger partial charge in [-0.25, -0.2) is 4.39 Å². The van der Waals surface area contributed by atoms with Gasteiger partial charge in [-0.05, 0) is 79.4 Å². The van der Waals surface area contributed by atoms with E-state index in [0.29, 0.717) is 17.7 Å². The number of rotatable bonds is 10. The summed E-state index contributed by atoms with van der Waals surface area (Å²) in [5, 5.41) is 3.49. The summed E-state index contributed by atoms with van der Waals surface area (Å²) in [7, 11) is 4.09. The molecular formula is C31H40FN3O. The number of halogens is 1. The first kappa shape index (κ1) is 27.5. The molecule has 2 atom stereocenters. The van der Waals surface area contributed by atoms with E-state index in [1.807, 2.05) is 26.1 Å². The molecule has 0 aromatic heterocycles. The highest BCUT2D eigenvalue weighted by molar-refractivity contribution is 5.85. The Balaban J connectivity index is 2.19. The Morgan fingerprint density at radius 3 is 2.72 bits per heavy atom. The van der Waals surface area contributed by atoms with Gasteiger partial charge < -0.3 is 15.0 Å². The molecule has 0 spiro atoms. The monoisotopic (exact) mass is 489 g/mol. The van der Waals surface area contributed by atoms with Gasteiger partial charge in [0, 0.05) is 55.7 Å². The number of aldehydes is 1. The number of likely N-dealkylation sites (tertiary alicyclic amines) is 1. The smallest absolute Gasteiger partial charge is 0.128 e. The Kier molecular flexibility index (Phi) is 9.38. The first-order valence-corrected chi connectivity index (χ1v) is 12.9. The molecule has 1 aliphatic carbocycles. The molecule has 5 heteroatoms. The van der Waals surface area contributed by atoms with E-state index < -0.39 is 0 Å². The molecule has 1 aromatic rings. The number of hydrogen-bond acceptors (Lipinski definition) is 4. The first-order valence-electron chi connectivity index (χ1n) is 12.9. The average Bonchev–Trinajstić information content (AvgIpc) is 3.25. The highest BCUT2D eigenvalue weighted by Gasteiger charge is 2.33. The van der Waals surface area contributed by atoms with Crippen LogP contribution in [0.5, 0.6) is 0 Å². The van der Waals surface area contributed by atoms with Crippen LogP contribution in [-0.4, -0.2) is 44.6 Å². The topological polar surface area (TPSA) is 44.7 Å². The van der Waals surface area contributed by atoms with Crippen molar-refractivity contribution in [3.05, 3.63) is 82.4 Å². The zero-order valence-electron chi connectivity index (χ0n) is 22.3. The van der Waals surface area contributed by atoms with Crippen LogP contribution in [0.3, 0.4) is 0 Å². The maximum Gasteiger partial charge on any atom is 0.128 e. The second-order valence-corrected chi connectivity index (χ2v) is 9.76. The number of nitrogens with zero attached hydrogens (tertiary/aromatic N) is 2. The third-order valence-corrected chi connectivity index (χ3v) is 7.64. The molecule has 0 saturated carbocycles. The van der Waals surface area contributed by atoms with Crippen LogP contribution < -0.4 is 5.32 Å². The van der Waals surface area contributed by atoms with Crippen molar-refractivity contribution in [2.75, 3.05) is 20.6 Å². The molecule has 1 N–H and O–H groups in total. The molecule has 1 fully saturated rings. The summed E-state index contributed by atoms with van der Waals surface area (Å²) in [5.74, 6) is -0.275. The van der Waals surface area contributed by atoms with Crippen molar-refractivity contribution in [1.82, 2.24) is 10.2 Å². The summed E-state index contributed by atoms with van der Waals surface area (Å²) in [6, 6.07) is 1.69. The number of fused-ring (bicyclic) bond motifs is 1. The summed E-state index contributed by atoms with van der Waals surface area (Å²) in [6.45, 7) is 16.6. The van der Waals surface area contributed by atoms with Gasteiger partial charge >= 0.3 is 0 Å². The third-order valence-electron chi connectivity index (χ3n) is 7.64. The third kappa shape index (κ3) is 5.36. The summed E-state index contributed by atoms with van der Waals surface area (Å²) in [4.78, 5) is 17.9. The Labute approximate surface area is 216 Å². The number of carbonyl (C=O) groups excluding carboxylic acids is 1. The van der Waals surface area contributed by atoms with Crippen molar-refractivity contribution in [3.63, 3.8) is 0 Å². The van der Waals surface area contributed by atoms with Gasteiger partial charge in [0.15, 0.2) is 0 Å². The fourth-order valence-electron chi connectivity index (χ4n) is 5.69. The van der Waals surface area contributed by atoms with Gasteiger partial charge in [0.05, 0.1) is 5.69 Å². The average molecular weight is 490 g/mol. The molecule has 4 nitrogen and oxygen atoms in total. The van der Waals surface area contributed by atoms with Gasteiger partial charge in [-0.1, -0.05) is 32.1 Å². The minimum Gasteiger partial charge on any atom is -0.374 e. The lowest BCUT2D eigenvalue weighted by molar-refractivity contribution is -0.108. The van der Waals surface area contributed by atoms with E-state index >= 15 is 0 Å². The minimum absolute atomic E-state index is 0.0534. The Morgan fingerprint density at radius 2 is 2.14 bits per heavy atom. The van der Waals surface area contributed by atoms with Gasteiger partial charge in [0.25, 0.3) is 0 Å². The van der Waals surface area contributed by atoms with Crippen LogP contribution >= 0.6 is 0 Å². The van der Waals surface area contributed by atoms with Gasteiger partial charge in [0.2, 0.25) is 0 Å². The molecule has 36 heavy (non-hydrogen) atoms. The zero-order valence-corrected chi connectivity index (χ0v) is 22.3.